The fourth-order valence-electron chi connectivity index (χ4n) is 4.08. The smallest absolute Gasteiger partial charge is 0.173 e. The van der Waals surface area contributed by atoms with Gasteiger partial charge in [0.25, 0.3) is 0 Å². The Labute approximate surface area is 233 Å². The molecule has 0 aliphatic carbocycles. The Morgan fingerprint density at radius 1 is 0.763 bits per heavy atom. The number of aryl methyl sites for hydroxylation is 1. The van der Waals surface area contributed by atoms with E-state index in [1.165, 1.54) is 75.5 Å². The molecule has 0 aliphatic rings. The maximum atomic E-state index is 10.8. The fraction of sp³-hybridized carbons (Fsp3) is 0.419. The molecule has 0 aliphatic heterocycles. The summed E-state index contributed by atoms with van der Waals surface area (Å²) >= 11 is 5.81. The Bertz CT molecular complexity index is 1200. The van der Waals surface area contributed by atoms with E-state index in [9.17, 15) is 13.0 Å². The lowest BCUT2D eigenvalue weighted by atomic mass is 10.0. The van der Waals surface area contributed by atoms with E-state index < -0.39 is 10.1 Å². The Balaban J connectivity index is 0.000000279. The van der Waals surface area contributed by atoms with Crippen LogP contribution in [0.15, 0.2) is 78.0 Å². The van der Waals surface area contributed by atoms with Gasteiger partial charge in [0.15, 0.2) is 18.9 Å². The Hall–Kier alpha value is -2.72. The first-order chi connectivity index (χ1) is 18.3. The molecular weight excluding hydrogens is 516 g/mol. The maximum Gasteiger partial charge on any atom is 0.173 e. The van der Waals surface area contributed by atoms with Crippen LogP contribution in [0.4, 0.5) is 0 Å². The minimum absolute atomic E-state index is 0.140. The Morgan fingerprint density at radius 2 is 1.26 bits per heavy atom. The third-order valence-electron chi connectivity index (χ3n) is 6.33. The number of nitriles is 1. The van der Waals surface area contributed by atoms with Crippen molar-refractivity contribution >= 4 is 21.7 Å². The van der Waals surface area contributed by atoms with E-state index in [1.807, 2.05) is 41.2 Å². The van der Waals surface area contributed by atoms with Gasteiger partial charge in [-0.3, -0.25) is 0 Å². The third-order valence-corrected chi connectivity index (χ3v) is 7.43. The van der Waals surface area contributed by atoms with Crippen LogP contribution in [0.1, 0.15) is 87.8 Å². The van der Waals surface area contributed by atoms with Crippen molar-refractivity contribution in [1.29, 1.82) is 5.26 Å². The van der Waals surface area contributed by atoms with Crippen molar-refractivity contribution in [3.8, 4) is 6.07 Å². The van der Waals surface area contributed by atoms with Crippen molar-refractivity contribution in [1.82, 2.24) is 0 Å². The summed E-state index contributed by atoms with van der Waals surface area (Å²) in [4.78, 5) is -0.140. The molecule has 1 heterocycles. The molecule has 7 heteroatoms. The second-order valence-corrected chi connectivity index (χ2v) is 11.3. The van der Waals surface area contributed by atoms with Gasteiger partial charge < -0.3 is 4.55 Å². The van der Waals surface area contributed by atoms with Crippen molar-refractivity contribution in [2.75, 3.05) is 0 Å². The Morgan fingerprint density at radius 3 is 1.76 bits per heavy atom. The molecule has 0 unspecified atom stereocenters. The van der Waals surface area contributed by atoms with Crippen LogP contribution in [0.2, 0.25) is 5.02 Å². The van der Waals surface area contributed by atoms with Crippen molar-refractivity contribution in [2.45, 2.75) is 89.0 Å². The van der Waals surface area contributed by atoms with E-state index in [4.69, 9.17) is 16.9 Å². The van der Waals surface area contributed by atoms with Gasteiger partial charge in [-0.25, -0.2) is 13.0 Å². The third kappa shape index (κ3) is 13.2. The number of rotatable bonds is 14. The zero-order valence-corrected chi connectivity index (χ0v) is 23.9. The topological polar surface area (TPSA) is 84.9 Å². The van der Waals surface area contributed by atoms with Crippen LogP contribution >= 0.6 is 11.6 Å². The molecule has 38 heavy (non-hydrogen) atoms. The first-order valence-corrected chi connectivity index (χ1v) is 15.3. The summed E-state index contributed by atoms with van der Waals surface area (Å²) in [5.74, 6) is 0. The zero-order valence-electron chi connectivity index (χ0n) is 22.3. The van der Waals surface area contributed by atoms with Crippen LogP contribution in [-0.4, -0.2) is 13.0 Å². The van der Waals surface area contributed by atoms with Crippen LogP contribution in [-0.2, 0) is 23.1 Å². The van der Waals surface area contributed by atoms with Gasteiger partial charge in [-0.15, -0.1) is 0 Å². The number of halogens is 1. The van der Waals surface area contributed by atoms with Gasteiger partial charge in [-0.2, -0.15) is 5.26 Å². The van der Waals surface area contributed by atoms with E-state index >= 15 is 0 Å². The lowest BCUT2D eigenvalue weighted by Crippen LogP contribution is -2.33. The Kier molecular flexibility index (Phi) is 14.7. The molecule has 3 aromatic rings. The van der Waals surface area contributed by atoms with Gasteiger partial charge in [0.1, 0.15) is 10.1 Å². The van der Waals surface area contributed by atoms with Crippen molar-refractivity contribution in [2.24, 2.45) is 0 Å². The molecule has 0 atom stereocenters. The van der Waals surface area contributed by atoms with E-state index in [0.717, 1.165) is 30.0 Å². The highest BCUT2D eigenvalue weighted by atomic mass is 35.5. The second kappa shape index (κ2) is 17.7. The van der Waals surface area contributed by atoms with Crippen LogP contribution < -0.4 is 4.57 Å². The molecule has 2 aromatic carbocycles. The van der Waals surface area contributed by atoms with Crippen LogP contribution in [0.25, 0.3) is 0 Å². The van der Waals surface area contributed by atoms with E-state index in [0.29, 0.717) is 5.56 Å². The van der Waals surface area contributed by atoms with E-state index in [-0.39, 0.29) is 4.90 Å². The number of benzene rings is 2. The van der Waals surface area contributed by atoms with Gasteiger partial charge >= 0.3 is 0 Å². The predicted octanol–water partition coefficient (Wildman–Crippen LogP) is 7.60. The average Bonchev–Trinajstić information content (AvgIpc) is 2.92. The number of hydrogen-bond acceptors (Lipinski definition) is 4. The van der Waals surface area contributed by atoms with E-state index in [2.05, 4.69) is 13.0 Å². The summed E-state index contributed by atoms with van der Waals surface area (Å²) in [5, 5.41) is 9.42. The first-order valence-electron chi connectivity index (χ1n) is 13.5. The molecule has 0 saturated carbocycles. The van der Waals surface area contributed by atoms with Gasteiger partial charge in [-0.1, -0.05) is 101 Å². The van der Waals surface area contributed by atoms with Gasteiger partial charge in [0.2, 0.25) is 0 Å². The van der Waals surface area contributed by atoms with Gasteiger partial charge in [-0.05, 0) is 42.7 Å². The quantitative estimate of drug-likeness (QED) is 0.117. The van der Waals surface area contributed by atoms with Crippen LogP contribution in [0.5, 0.6) is 0 Å². The summed E-state index contributed by atoms with van der Waals surface area (Å²) in [6.07, 6.45) is 17.8. The predicted molar refractivity (Wildman–Crippen MR) is 152 cm³/mol. The molecule has 0 radical (unpaired) electrons. The number of aromatic nitrogens is 1. The number of pyridine rings is 1. The minimum atomic E-state index is -4.31. The molecule has 204 valence electrons. The van der Waals surface area contributed by atoms with E-state index in [1.54, 1.807) is 24.3 Å². The van der Waals surface area contributed by atoms with Crippen molar-refractivity contribution < 1.29 is 17.5 Å². The summed E-state index contributed by atoms with van der Waals surface area (Å²) < 4.78 is 34.5. The SMILES string of the molecule is CCCCCCCCCCCCc1ccc(S(=O)(=O)[O-])cc1.N#Cc1cc[n+](Cc2ccc(Cl)cc2)cc1. The molecule has 0 saturated heterocycles. The zero-order chi connectivity index (χ0) is 27.6. The molecule has 5 nitrogen and oxygen atoms in total. The largest absolute Gasteiger partial charge is 0.744 e. The highest BCUT2D eigenvalue weighted by molar-refractivity contribution is 7.85. The molecule has 0 spiro atoms. The maximum absolute atomic E-state index is 10.8. The molecule has 1 aromatic heterocycles. The molecular formula is C31H39ClN2O3S. The molecule has 0 bridgehead atoms. The highest BCUT2D eigenvalue weighted by Crippen LogP contribution is 2.15. The normalized spacial score (nSPS) is 10.9. The monoisotopic (exact) mass is 554 g/mol. The standard InChI is InChI=1S/C18H30O3S.C13H10ClN2/c1-2-3-4-5-6-7-8-9-10-11-12-17-13-15-18(16-14-17)22(19,20)21;14-13-3-1-12(2-4-13)10-16-7-5-11(9-15)6-8-16/h13-16H,2-12H2,1H3,(H,19,20,21);1-8H,10H2/q;+1/p-1. The fourth-order valence-corrected chi connectivity index (χ4v) is 4.67. The summed E-state index contributed by atoms with van der Waals surface area (Å²) in [5.41, 5.74) is 2.96. The van der Waals surface area contributed by atoms with Crippen molar-refractivity contribution in [3.05, 3.63) is 94.8 Å². The van der Waals surface area contributed by atoms with Gasteiger partial charge in [0, 0.05) is 22.7 Å². The number of unbranched alkanes of at least 4 members (excludes halogenated alkanes) is 9. The number of hydrogen-bond donors (Lipinski definition) is 0. The molecule has 0 N–H and O–H groups in total. The lowest BCUT2D eigenvalue weighted by molar-refractivity contribution is -0.688. The van der Waals surface area contributed by atoms with Gasteiger partial charge in [0.05, 0.1) is 16.5 Å². The highest BCUT2D eigenvalue weighted by Gasteiger charge is 2.03. The second-order valence-electron chi connectivity index (χ2n) is 9.53. The first kappa shape index (κ1) is 31.5. The summed E-state index contributed by atoms with van der Waals surface area (Å²) in [6.45, 7) is 3.02. The lowest BCUT2D eigenvalue weighted by Gasteiger charge is -2.08. The van der Waals surface area contributed by atoms with Crippen molar-refractivity contribution in [3.63, 3.8) is 0 Å². The molecule has 0 amide bonds. The van der Waals surface area contributed by atoms with Crippen LogP contribution in [0.3, 0.4) is 0 Å². The molecule has 3 rings (SSSR count). The summed E-state index contributed by atoms with van der Waals surface area (Å²) in [6, 6.07) is 19.8. The number of nitrogens with zero attached hydrogens (tertiary/aromatic N) is 2. The average molecular weight is 555 g/mol. The molecule has 0 fully saturated rings. The minimum Gasteiger partial charge on any atom is -0.744 e. The van der Waals surface area contributed by atoms with Crippen LogP contribution in [0, 0.1) is 11.3 Å². The summed E-state index contributed by atoms with van der Waals surface area (Å²) in [7, 11) is -4.31.